The Balaban J connectivity index is 1.96. The first-order valence-corrected chi connectivity index (χ1v) is 7.33. The Bertz CT molecular complexity index is 709. The largest absolute Gasteiger partial charge is 0.481 e. The lowest BCUT2D eigenvalue weighted by molar-refractivity contribution is -0.149. The van der Waals surface area contributed by atoms with Crippen molar-refractivity contribution < 1.29 is 19.8 Å². The van der Waals surface area contributed by atoms with Gasteiger partial charge in [-0.05, 0) is 25.5 Å². The van der Waals surface area contributed by atoms with Crippen LogP contribution in [0.1, 0.15) is 24.4 Å². The summed E-state index contributed by atoms with van der Waals surface area (Å²) >= 11 is 0. The van der Waals surface area contributed by atoms with Crippen molar-refractivity contribution >= 4 is 22.8 Å². The van der Waals surface area contributed by atoms with Gasteiger partial charge < -0.3 is 15.2 Å². The van der Waals surface area contributed by atoms with Crippen molar-refractivity contribution in [3.05, 3.63) is 36.0 Å². The molecule has 3 rings (SSSR count). The predicted molar refractivity (Wildman–Crippen MR) is 80.6 cm³/mol. The van der Waals surface area contributed by atoms with E-state index in [1.165, 1.54) is 0 Å². The van der Waals surface area contributed by atoms with Crippen LogP contribution in [0, 0.1) is 5.92 Å². The van der Waals surface area contributed by atoms with Gasteiger partial charge in [0.05, 0.1) is 5.92 Å². The number of hydrogen-bond donors (Lipinski definition) is 3. The highest BCUT2D eigenvalue weighted by Gasteiger charge is 2.35. The number of likely N-dealkylation sites (tertiary alicyclic amines) is 1. The Morgan fingerprint density at radius 3 is 2.77 bits per heavy atom. The fraction of sp³-hybridized carbons (Fsp3) is 0.375. The SMILES string of the molecule is O=C(O)[C@@H]1CCCN([C@H](C(=O)O)c2c[nH]c3ccccc23)C1. The molecule has 1 saturated heterocycles. The van der Waals surface area contributed by atoms with E-state index in [9.17, 15) is 19.8 Å². The van der Waals surface area contributed by atoms with Gasteiger partial charge in [-0.1, -0.05) is 18.2 Å². The second-order valence-electron chi connectivity index (χ2n) is 5.70. The quantitative estimate of drug-likeness (QED) is 0.804. The monoisotopic (exact) mass is 302 g/mol. The number of hydrogen-bond acceptors (Lipinski definition) is 3. The van der Waals surface area contributed by atoms with Crippen molar-refractivity contribution in [3.8, 4) is 0 Å². The van der Waals surface area contributed by atoms with Gasteiger partial charge in [-0.25, -0.2) is 0 Å². The van der Waals surface area contributed by atoms with Crippen LogP contribution in [-0.2, 0) is 9.59 Å². The minimum atomic E-state index is -0.948. The normalized spacial score (nSPS) is 20.8. The molecule has 1 fully saturated rings. The number of nitrogens with one attached hydrogen (secondary N) is 1. The van der Waals surface area contributed by atoms with Crippen molar-refractivity contribution in [2.24, 2.45) is 5.92 Å². The van der Waals surface area contributed by atoms with E-state index >= 15 is 0 Å². The van der Waals surface area contributed by atoms with Crippen LogP contribution in [0.25, 0.3) is 10.9 Å². The number of carboxylic acid groups (broad SMARTS) is 2. The summed E-state index contributed by atoms with van der Waals surface area (Å²) in [5.74, 6) is -2.30. The lowest BCUT2D eigenvalue weighted by atomic mass is 9.94. The predicted octanol–water partition coefficient (Wildman–Crippen LogP) is 2.09. The molecule has 116 valence electrons. The zero-order valence-corrected chi connectivity index (χ0v) is 12.0. The number of fused-ring (bicyclic) bond motifs is 1. The van der Waals surface area contributed by atoms with Gasteiger partial charge >= 0.3 is 11.9 Å². The Labute approximate surface area is 127 Å². The summed E-state index contributed by atoms with van der Waals surface area (Å²) in [6.07, 6.45) is 3.02. The Morgan fingerprint density at radius 2 is 2.05 bits per heavy atom. The first-order valence-electron chi connectivity index (χ1n) is 7.33. The van der Waals surface area contributed by atoms with Gasteiger partial charge in [0.1, 0.15) is 6.04 Å². The van der Waals surface area contributed by atoms with Crippen LogP contribution in [-0.4, -0.2) is 45.1 Å². The van der Waals surface area contributed by atoms with Gasteiger partial charge in [0, 0.05) is 29.2 Å². The third-order valence-electron chi connectivity index (χ3n) is 4.32. The lowest BCUT2D eigenvalue weighted by Gasteiger charge is -2.34. The smallest absolute Gasteiger partial charge is 0.325 e. The molecule has 1 aromatic carbocycles. The number of aromatic nitrogens is 1. The van der Waals surface area contributed by atoms with Crippen molar-refractivity contribution in [1.29, 1.82) is 0 Å². The molecule has 6 heteroatoms. The number of carbonyl (C=O) groups is 2. The third-order valence-corrected chi connectivity index (χ3v) is 4.32. The van der Waals surface area contributed by atoms with E-state index in [2.05, 4.69) is 4.98 Å². The average Bonchev–Trinajstić information content (AvgIpc) is 2.91. The minimum absolute atomic E-state index is 0.270. The standard InChI is InChI=1S/C16H18N2O4/c19-15(20)10-4-3-7-18(9-10)14(16(21)22)12-8-17-13-6-2-1-5-11(12)13/h1-2,5-6,8,10,14,17H,3-4,7,9H2,(H,19,20)(H,21,22)/t10-,14+/m1/s1. The number of aromatic amines is 1. The van der Waals surface area contributed by atoms with E-state index in [0.717, 1.165) is 10.9 Å². The fourth-order valence-corrected chi connectivity index (χ4v) is 3.25. The molecule has 22 heavy (non-hydrogen) atoms. The first-order chi connectivity index (χ1) is 10.6. The van der Waals surface area contributed by atoms with E-state index in [0.29, 0.717) is 24.9 Å². The van der Waals surface area contributed by atoms with Crippen molar-refractivity contribution in [3.63, 3.8) is 0 Å². The molecule has 0 radical (unpaired) electrons. The summed E-state index contributed by atoms with van der Waals surface area (Å²) in [4.78, 5) is 27.9. The van der Waals surface area contributed by atoms with E-state index < -0.39 is 23.9 Å². The molecule has 6 nitrogen and oxygen atoms in total. The topological polar surface area (TPSA) is 93.6 Å². The van der Waals surface area contributed by atoms with Gasteiger partial charge in [-0.15, -0.1) is 0 Å². The van der Waals surface area contributed by atoms with Gasteiger partial charge in [0.2, 0.25) is 0 Å². The van der Waals surface area contributed by atoms with Crippen LogP contribution in [0.4, 0.5) is 0 Å². The number of benzene rings is 1. The fourth-order valence-electron chi connectivity index (χ4n) is 3.25. The molecule has 0 bridgehead atoms. The van der Waals surface area contributed by atoms with E-state index in [1.807, 2.05) is 24.3 Å². The van der Waals surface area contributed by atoms with Gasteiger partial charge in [-0.2, -0.15) is 0 Å². The van der Waals surface area contributed by atoms with E-state index in [1.54, 1.807) is 11.1 Å². The number of para-hydroxylation sites is 1. The molecule has 0 spiro atoms. The number of carboxylic acids is 2. The molecule has 3 N–H and O–H groups in total. The van der Waals surface area contributed by atoms with E-state index in [-0.39, 0.29) is 6.54 Å². The second-order valence-corrected chi connectivity index (χ2v) is 5.70. The van der Waals surface area contributed by atoms with E-state index in [4.69, 9.17) is 0 Å². The van der Waals surface area contributed by atoms with Crippen molar-refractivity contribution in [2.75, 3.05) is 13.1 Å². The summed E-state index contributed by atoms with van der Waals surface area (Å²) in [7, 11) is 0. The minimum Gasteiger partial charge on any atom is -0.481 e. The van der Waals surface area contributed by atoms with Crippen LogP contribution in [0.5, 0.6) is 0 Å². The Hall–Kier alpha value is -2.34. The number of H-pyrrole nitrogens is 1. The Morgan fingerprint density at radius 1 is 1.27 bits per heavy atom. The average molecular weight is 302 g/mol. The highest BCUT2D eigenvalue weighted by Crippen LogP contribution is 2.31. The molecule has 1 aliphatic rings. The summed E-state index contributed by atoms with van der Waals surface area (Å²) in [5.41, 5.74) is 1.57. The maximum atomic E-state index is 11.8. The van der Waals surface area contributed by atoms with Gasteiger partial charge in [0.25, 0.3) is 0 Å². The van der Waals surface area contributed by atoms with Crippen LogP contribution < -0.4 is 0 Å². The molecule has 1 aromatic heterocycles. The van der Waals surface area contributed by atoms with Crippen LogP contribution in [0.2, 0.25) is 0 Å². The molecule has 2 aromatic rings. The van der Waals surface area contributed by atoms with Gasteiger partial charge in [-0.3, -0.25) is 14.5 Å². The maximum absolute atomic E-state index is 11.8. The number of aliphatic carboxylic acids is 2. The molecule has 2 atom stereocenters. The summed E-state index contributed by atoms with van der Waals surface area (Å²) < 4.78 is 0. The molecule has 1 aliphatic heterocycles. The molecular weight excluding hydrogens is 284 g/mol. The Kier molecular flexibility index (Phi) is 3.85. The summed E-state index contributed by atoms with van der Waals surface area (Å²) in [5, 5.41) is 19.7. The molecule has 0 saturated carbocycles. The number of piperidine rings is 1. The molecule has 0 unspecified atom stereocenters. The lowest BCUT2D eigenvalue weighted by Crippen LogP contribution is -2.43. The number of nitrogens with zero attached hydrogens (tertiary/aromatic N) is 1. The van der Waals surface area contributed by atoms with Crippen molar-refractivity contribution in [1.82, 2.24) is 9.88 Å². The van der Waals surface area contributed by atoms with Crippen molar-refractivity contribution in [2.45, 2.75) is 18.9 Å². The molecule has 2 heterocycles. The van der Waals surface area contributed by atoms with Crippen LogP contribution in [0.3, 0.4) is 0 Å². The highest BCUT2D eigenvalue weighted by molar-refractivity contribution is 5.89. The van der Waals surface area contributed by atoms with Crippen LogP contribution in [0.15, 0.2) is 30.5 Å². The summed E-state index contributed by atoms with van der Waals surface area (Å²) in [6, 6.07) is 6.72. The second kappa shape index (κ2) is 5.81. The molecular formula is C16H18N2O4. The number of rotatable bonds is 4. The third kappa shape index (κ3) is 2.57. The zero-order valence-electron chi connectivity index (χ0n) is 12.0. The zero-order chi connectivity index (χ0) is 15.7. The highest BCUT2D eigenvalue weighted by atomic mass is 16.4. The maximum Gasteiger partial charge on any atom is 0.325 e. The van der Waals surface area contributed by atoms with Gasteiger partial charge in [0.15, 0.2) is 0 Å². The molecule has 0 amide bonds. The summed E-state index contributed by atoms with van der Waals surface area (Å²) in [6.45, 7) is 0.867. The first kappa shape index (κ1) is 14.6. The molecule has 0 aliphatic carbocycles. The van der Waals surface area contributed by atoms with Crippen LogP contribution >= 0.6 is 0 Å².